The van der Waals surface area contributed by atoms with E-state index in [2.05, 4.69) is 198 Å². The van der Waals surface area contributed by atoms with Crippen LogP contribution in [0.2, 0.25) is 0 Å². The summed E-state index contributed by atoms with van der Waals surface area (Å²) in [5.41, 5.74) is 25.8. The van der Waals surface area contributed by atoms with Crippen molar-refractivity contribution in [2.24, 2.45) is 0 Å². The first-order valence-electron chi connectivity index (χ1n) is 33.5. The van der Waals surface area contributed by atoms with Crippen molar-refractivity contribution in [2.75, 3.05) is 0 Å². The molecular formula is C90H60N6O3. The third-order valence-corrected chi connectivity index (χ3v) is 20.3. The molecule has 18 aromatic rings. The number of aromatic nitrogens is 6. The molecule has 0 radical (unpaired) electrons. The van der Waals surface area contributed by atoms with E-state index >= 15 is 0 Å². The van der Waals surface area contributed by atoms with Crippen molar-refractivity contribution in [1.82, 2.24) is 29.9 Å². The Balaban J connectivity index is 0.000000140. The van der Waals surface area contributed by atoms with Crippen LogP contribution >= 0.6 is 0 Å². The monoisotopic (exact) mass is 1270 g/mol. The first-order chi connectivity index (χ1) is 48.5. The lowest BCUT2D eigenvalue weighted by atomic mass is 9.82. The summed E-state index contributed by atoms with van der Waals surface area (Å²) >= 11 is 0. The summed E-state index contributed by atoms with van der Waals surface area (Å²) in [6.07, 6.45) is 0. The molecule has 0 saturated heterocycles. The Hall–Kier alpha value is -12.7. The van der Waals surface area contributed by atoms with Gasteiger partial charge in [0, 0.05) is 76.5 Å². The summed E-state index contributed by atoms with van der Waals surface area (Å²) in [7, 11) is 0. The number of rotatable bonds is 8. The van der Waals surface area contributed by atoms with Crippen LogP contribution in [-0.2, 0) is 10.8 Å². The second kappa shape index (κ2) is 22.4. The normalized spacial score (nSPS) is 13.2. The van der Waals surface area contributed by atoms with Gasteiger partial charge in [-0.2, -0.15) is 0 Å². The fourth-order valence-corrected chi connectivity index (χ4v) is 15.2. The van der Waals surface area contributed by atoms with Crippen LogP contribution in [0.5, 0.6) is 0 Å². The fourth-order valence-electron chi connectivity index (χ4n) is 15.2. The number of benzene rings is 13. The standard InChI is InChI=1S/C48H31N3O2.C42H29N3O/c1-48(2)38-16-8-6-13-32(38)35-26-37-36-25-31(23-24-41(36)53-43(37)27-39(35)48)28-19-21-30(22-20-28)46-49-45(29-11-4-3-5-12-29)50-47(51-46)34-15-10-18-42-44(34)33-14-7-9-17-40(33)52-42;1-42(2)35-16-10-9-15-31(35)32-24-34-33-23-30(21-22-37(33)46-38(34)25-36(32)42)26-17-19-29(20-18-26)41-44-39(27-11-5-3-6-12-27)43-40(45-41)28-13-7-4-8-14-28/h3-27H,1-2H3;3-25H,1-2H3. The average Bonchev–Trinajstić information content (AvgIpc) is 1.60. The molecule has 5 heterocycles. The van der Waals surface area contributed by atoms with Crippen molar-refractivity contribution >= 4 is 65.8 Å². The molecule has 2 aliphatic carbocycles. The minimum atomic E-state index is -0.0753. The van der Waals surface area contributed by atoms with Gasteiger partial charge in [0.2, 0.25) is 0 Å². The Morgan fingerprint density at radius 1 is 0.202 bits per heavy atom. The Bertz CT molecular complexity index is 6210. The predicted octanol–water partition coefficient (Wildman–Crippen LogP) is 23.4. The van der Waals surface area contributed by atoms with Crippen molar-refractivity contribution in [3.8, 4) is 113 Å². The molecular weight excluding hydrogens is 1210 g/mol. The highest BCUT2D eigenvalue weighted by Crippen LogP contribution is 2.53. The van der Waals surface area contributed by atoms with Crippen molar-refractivity contribution in [3.63, 3.8) is 0 Å². The minimum absolute atomic E-state index is 0.0613. The molecule has 0 unspecified atom stereocenters. The Morgan fingerprint density at radius 3 is 0.980 bits per heavy atom. The molecule has 2 aliphatic rings. The maximum Gasteiger partial charge on any atom is 0.164 e. The fraction of sp³-hybridized carbons (Fsp3) is 0.0667. The van der Waals surface area contributed by atoms with Crippen LogP contribution in [-0.4, -0.2) is 29.9 Å². The van der Waals surface area contributed by atoms with Gasteiger partial charge in [-0.05, 0) is 127 Å². The molecule has 13 aromatic carbocycles. The van der Waals surface area contributed by atoms with Crippen molar-refractivity contribution in [2.45, 2.75) is 38.5 Å². The lowest BCUT2D eigenvalue weighted by Gasteiger charge is -2.21. The van der Waals surface area contributed by atoms with Gasteiger partial charge in [0.1, 0.15) is 33.5 Å². The van der Waals surface area contributed by atoms with E-state index in [1.165, 1.54) is 44.5 Å². The highest BCUT2D eigenvalue weighted by Gasteiger charge is 2.38. The number of fused-ring (bicyclic) bond motifs is 15. The third kappa shape index (κ3) is 9.60. The molecule has 0 saturated carbocycles. The lowest BCUT2D eigenvalue weighted by Crippen LogP contribution is -2.14. The first kappa shape index (κ1) is 57.7. The Labute approximate surface area is 570 Å². The molecule has 99 heavy (non-hydrogen) atoms. The SMILES string of the molecule is CC1(C)c2ccccc2-c2cc3c(cc21)oc1ccc(-c2ccc(-c4nc(-c5ccccc5)nc(-c5cccc6oc7ccccc7c56)n4)cc2)cc13.CC1(C)c2ccccc2-c2cc3c(cc21)oc1ccc(-c2ccc(-c4nc(-c5ccccc5)nc(-c5ccccc5)n4)cc2)cc13. The second-order valence-electron chi connectivity index (χ2n) is 26.9. The highest BCUT2D eigenvalue weighted by atomic mass is 16.3. The summed E-state index contributed by atoms with van der Waals surface area (Å²) in [5.74, 6) is 3.79. The van der Waals surface area contributed by atoms with Crippen molar-refractivity contribution < 1.29 is 13.3 Å². The van der Waals surface area contributed by atoms with Crippen LogP contribution in [0.4, 0.5) is 0 Å². The maximum atomic E-state index is 6.45. The van der Waals surface area contributed by atoms with E-state index in [1.807, 2.05) is 121 Å². The van der Waals surface area contributed by atoms with Crippen molar-refractivity contribution in [1.29, 1.82) is 0 Å². The van der Waals surface area contributed by atoms with E-state index in [4.69, 9.17) is 43.2 Å². The molecule has 9 nitrogen and oxygen atoms in total. The van der Waals surface area contributed by atoms with Gasteiger partial charge >= 0.3 is 0 Å². The van der Waals surface area contributed by atoms with Gasteiger partial charge in [0.15, 0.2) is 34.9 Å². The molecule has 20 rings (SSSR count). The quantitative estimate of drug-likeness (QED) is 0.147. The number of nitrogens with zero attached hydrogens (tertiary/aromatic N) is 6. The van der Waals surface area contributed by atoms with Gasteiger partial charge in [-0.15, -0.1) is 0 Å². The summed E-state index contributed by atoms with van der Waals surface area (Å²) in [6, 6.07) is 101. The molecule has 0 fully saturated rings. The van der Waals surface area contributed by atoms with Gasteiger partial charge in [-0.3, -0.25) is 0 Å². The van der Waals surface area contributed by atoms with Crippen LogP contribution in [0.15, 0.2) is 304 Å². The second-order valence-corrected chi connectivity index (χ2v) is 26.9. The van der Waals surface area contributed by atoms with Gasteiger partial charge in [-0.25, -0.2) is 29.9 Å². The van der Waals surface area contributed by atoms with E-state index in [0.717, 1.165) is 121 Å². The average molecular weight is 1270 g/mol. The number of furan rings is 3. The zero-order chi connectivity index (χ0) is 66.1. The van der Waals surface area contributed by atoms with Crippen molar-refractivity contribution in [3.05, 3.63) is 313 Å². The topological polar surface area (TPSA) is 117 Å². The first-order valence-corrected chi connectivity index (χ1v) is 33.5. The van der Waals surface area contributed by atoms with E-state index < -0.39 is 0 Å². The zero-order valence-electron chi connectivity index (χ0n) is 54.6. The van der Waals surface area contributed by atoms with Crippen LogP contribution in [0, 0.1) is 0 Å². The molecule has 9 heteroatoms. The minimum Gasteiger partial charge on any atom is -0.456 e. The smallest absolute Gasteiger partial charge is 0.164 e. The molecule has 5 aromatic heterocycles. The summed E-state index contributed by atoms with van der Waals surface area (Å²) < 4.78 is 19.1. The van der Waals surface area contributed by atoms with E-state index in [9.17, 15) is 0 Å². The van der Waals surface area contributed by atoms with Crippen LogP contribution < -0.4 is 0 Å². The number of hydrogen-bond donors (Lipinski definition) is 0. The van der Waals surface area contributed by atoms with Gasteiger partial charge < -0.3 is 13.3 Å². The molecule has 0 amide bonds. The number of para-hydroxylation sites is 1. The molecule has 0 aliphatic heterocycles. The maximum absolute atomic E-state index is 6.45. The molecule has 0 N–H and O–H groups in total. The van der Waals surface area contributed by atoms with E-state index in [0.29, 0.717) is 34.9 Å². The lowest BCUT2D eigenvalue weighted by molar-refractivity contribution is 0.647. The summed E-state index contributed by atoms with van der Waals surface area (Å²) in [5, 5.41) is 6.55. The Kier molecular flexibility index (Phi) is 13.1. The number of hydrogen-bond acceptors (Lipinski definition) is 9. The largest absolute Gasteiger partial charge is 0.456 e. The van der Waals surface area contributed by atoms with Crippen LogP contribution in [0.1, 0.15) is 49.9 Å². The third-order valence-electron chi connectivity index (χ3n) is 20.3. The summed E-state index contributed by atoms with van der Waals surface area (Å²) in [6.45, 7) is 9.21. The van der Waals surface area contributed by atoms with E-state index in [-0.39, 0.29) is 10.8 Å². The molecule has 0 atom stereocenters. The molecule has 0 bridgehead atoms. The van der Waals surface area contributed by atoms with Gasteiger partial charge in [0.25, 0.3) is 0 Å². The van der Waals surface area contributed by atoms with Gasteiger partial charge in [-0.1, -0.05) is 258 Å². The van der Waals surface area contributed by atoms with Crippen LogP contribution in [0.25, 0.3) is 179 Å². The van der Waals surface area contributed by atoms with Gasteiger partial charge in [0.05, 0.1) is 0 Å². The molecule has 468 valence electrons. The zero-order valence-corrected chi connectivity index (χ0v) is 54.6. The van der Waals surface area contributed by atoms with E-state index in [1.54, 1.807) is 0 Å². The van der Waals surface area contributed by atoms with Crippen LogP contribution in [0.3, 0.4) is 0 Å². The predicted molar refractivity (Wildman–Crippen MR) is 400 cm³/mol. The summed E-state index contributed by atoms with van der Waals surface area (Å²) in [4.78, 5) is 29.7. The molecule has 0 spiro atoms. The highest BCUT2D eigenvalue weighted by molar-refractivity contribution is 6.13. The Morgan fingerprint density at radius 2 is 0.525 bits per heavy atom.